The summed E-state index contributed by atoms with van der Waals surface area (Å²) in [6.07, 6.45) is 8.67. The molecule has 0 aliphatic carbocycles. The number of aryl methyl sites for hydroxylation is 1. The zero-order valence-electron chi connectivity index (χ0n) is 14.5. The molecule has 1 aliphatic heterocycles. The monoisotopic (exact) mass is 337 g/mol. The predicted octanol–water partition coefficient (Wildman–Crippen LogP) is 2.82. The highest BCUT2D eigenvalue weighted by molar-refractivity contribution is 5.45. The number of hydrogen-bond donors (Lipinski definition) is 1. The Bertz CT molecular complexity index is 832. The molecule has 0 unspecified atom stereocenters. The fourth-order valence-corrected chi connectivity index (χ4v) is 3.26. The standard InChI is InChI=1S/C18H23N7/c1-14-10-17(25-18(23-14)21-13-22-25)20-12-15-6-7-16(19-11-15)24-8-4-2-3-5-9-24/h6-7,10-11,13,20H,2-5,8-9,12H2,1H3. The molecule has 3 aromatic heterocycles. The Morgan fingerprint density at radius 1 is 1.08 bits per heavy atom. The van der Waals surface area contributed by atoms with E-state index in [1.165, 1.54) is 32.0 Å². The topological polar surface area (TPSA) is 71.2 Å². The quantitative estimate of drug-likeness (QED) is 0.789. The van der Waals surface area contributed by atoms with Crippen LogP contribution in [0.4, 0.5) is 11.6 Å². The van der Waals surface area contributed by atoms with Gasteiger partial charge in [-0.25, -0.2) is 9.97 Å². The molecule has 7 heteroatoms. The van der Waals surface area contributed by atoms with Crippen LogP contribution in [-0.4, -0.2) is 37.7 Å². The molecule has 4 heterocycles. The second-order valence-electron chi connectivity index (χ2n) is 6.53. The van der Waals surface area contributed by atoms with E-state index in [1.807, 2.05) is 19.2 Å². The summed E-state index contributed by atoms with van der Waals surface area (Å²) in [4.78, 5) is 15.6. The summed E-state index contributed by atoms with van der Waals surface area (Å²) in [5, 5.41) is 7.62. The summed E-state index contributed by atoms with van der Waals surface area (Å²) in [6.45, 7) is 4.87. The van der Waals surface area contributed by atoms with Crippen molar-refractivity contribution in [3.8, 4) is 0 Å². The van der Waals surface area contributed by atoms with Crippen LogP contribution in [0.2, 0.25) is 0 Å². The van der Waals surface area contributed by atoms with Crippen molar-refractivity contribution in [2.45, 2.75) is 39.2 Å². The lowest BCUT2D eigenvalue weighted by Crippen LogP contribution is -2.24. The average molecular weight is 337 g/mol. The van der Waals surface area contributed by atoms with E-state index >= 15 is 0 Å². The van der Waals surface area contributed by atoms with Crippen molar-refractivity contribution in [2.75, 3.05) is 23.3 Å². The van der Waals surface area contributed by atoms with Gasteiger partial charge in [0.05, 0.1) is 0 Å². The molecule has 1 N–H and O–H groups in total. The lowest BCUT2D eigenvalue weighted by Gasteiger charge is -2.21. The number of nitrogens with zero attached hydrogens (tertiary/aromatic N) is 6. The van der Waals surface area contributed by atoms with Gasteiger partial charge in [-0.2, -0.15) is 14.6 Å². The Balaban J connectivity index is 1.45. The average Bonchev–Trinajstić information content (AvgIpc) is 2.93. The van der Waals surface area contributed by atoms with Gasteiger partial charge in [0.15, 0.2) is 0 Å². The van der Waals surface area contributed by atoms with Crippen LogP contribution in [0.3, 0.4) is 0 Å². The minimum Gasteiger partial charge on any atom is -0.366 e. The van der Waals surface area contributed by atoms with Crippen LogP contribution in [-0.2, 0) is 6.54 Å². The second-order valence-corrected chi connectivity index (χ2v) is 6.53. The zero-order valence-corrected chi connectivity index (χ0v) is 14.5. The summed E-state index contributed by atoms with van der Waals surface area (Å²) in [5.74, 6) is 2.58. The predicted molar refractivity (Wildman–Crippen MR) is 97.8 cm³/mol. The van der Waals surface area contributed by atoms with Crippen molar-refractivity contribution < 1.29 is 0 Å². The number of fused-ring (bicyclic) bond motifs is 1. The molecule has 1 fully saturated rings. The van der Waals surface area contributed by atoms with Crippen molar-refractivity contribution in [3.05, 3.63) is 42.0 Å². The molecule has 0 amide bonds. The maximum Gasteiger partial charge on any atom is 0.254 e. The van der Waals surface area contributed by atoms with Gasteiger partial charge in [0, 0.05) is 37.6 Å². The Hall–Kier alpha value is -2.70. The van der Waals surface area contributed by atoms with Gasteiger partial charge in [0.25, 0.3) is 5.78 Å². The van der Waals surface area contributed by atoms with Crippen LogP contribution >= 0.6 is 0 Å². The van der Waals surface area contributed by atoms with E-state index in [1.54, 1.807) is 4.52 Å². The number of anilines is 2. The highest BCUT2D eigenvalue weighted by Gasteiger charge is 2.11. The highest BCUT2D eigenvalue weighted by atomic mass is 15.3. The fraction of sp³-hybridized carbons (Fsp3) is 0.444. The molecule has 0 saturated carbocycles. The van der Waals surface area contributed by atoms with Crippen LogP contribution in [0.1, 0.15) is 36.9 Å². The molecule has 25 heavy (non-hydrogen) atoms. The molecule has 0 atom stereocenters. The lowest BCUT2D eigenvalue weighted by molar-refractivity contribution is 0.726. The first-order chi connectivity index (χ1) is 12.3. The Kier molecular flexibility index (Phi) is 4.45. The molecular formula is C18H23N7. The molecular weight excluding hydrogens is 314 g/mol. The molecule has 4 rings (SSSR count). The van der Waals surface area contributed by atoms with E-state index in [4.69, 9.17) is 0 Å². The Morgan fingerprint density at radius 3 is 2.68 bits per heavy atom. The molecule has 1 aliphatic rings. The molecule has 1 saturated heterocycles. The van der Waals surface area contributed by atoms with Gasteiger partial charge >= 0.3 is 0 Å². The number of nitrogens with one attached hydrogen (secondary N) is 1. The minimum atomic E-state index is 0.608. The van der Waals surface area contributed by atoms with E-state index in [0.717, 1.165) is 36.0 Å². The van der Waals surface area contributed by atoms with Crippen molar-refractivity contribution in [2.24, 2.45) is 0 Å². The normalized spacial score (nSPS) is 15.3. The van der Waals surface area contributed by atoms with Gasteiger partial charge < -0.3 is 10.2 Å². The van der Waals surface area contributed by atoms with Gasteiger partial charge in [-0.3, -0.25) is 0 Å². The maximum absolute atomic E-state index is 4.66. The summed E-state index contributed by atoms with van der Waals surface area (Å²) < 4.78 is 1.71. The number of pyridine rings is 1. The first-order valence-corrected chi connectivity index (χ1v) is 8.91. The second kappa shape index (κ2) is 7.04. The summed E-state index contributed by atoms with van der Waals surface area (Å²) in [6, 6.07) is 6.25. The highest BCUT2D eigenvalue weighted by Crippen LogP contribution is 2.18. The minimum absolute atomic E-state index is 0.608. The Labute approximate surface area is 147 Å². The maximum atomic E-state index is 4.66. The first-order valence-electron chi connectivity index (χ1n) is 8.91. The van der Waals surface area contributed by atoms with E-state index < -0.39 is 0 Å². The smallest absolute Gasteiger partial charge is 0.254 e. The molecule has 0 aromatic carbocycles. The molecule has 3 aromatic rings. The summed E-state index contributed by atoms with van der Waals surface area (Å²) in [5.41, 5.74) is 2.05. The molecule has 130 valence electrons. The number of aromatic nitrogens is 5. The largest absolute Gasteiger partial charge is 0.366 e. The van der Waals surface area contributed by atoms with Crippen LogP contribution in [0, 0.1) is 6.92 Å². The van der Waals surface area contributed by atoms with E-state index in [9.17, 15) is 0 Å². The third-order valence-electron chi connectivity index (χ3n) is 4.59. The van der Waals surface area contributed by atoms with Crippen LogP contribution in [0.25, 0.3) is 5.78 Å². The summed E-state index contributed by atoms with van der Waals surface area (Å²) >= 11 is 0. The van der Waals surface area contributed by atoms with Crippen LogP contribution in [0.15, 0.2) is 30.7 Å². The molecule has 0 radical (unpaired) electrons. The van der Waals surface area contributed by atoms with E-state index in [0.29, 0.717) is 12.3 Å². The first kappa shape index (κ1) is 15.8. The van der Waals surface area contributed by atoms with Gasteiger partial charge in [0.2, 0.25) is 0 Å². The van der Waals surface area contributed by atoms with E-state index in [-0.39, 0.29) is 0 Å². The van der Waals surface area contributed by atoms with Crippen molar-refractivity contribution in [1.29, 1.82) is 0 Å². The third-order valence-corrected chi connectivity index (χ3v) is 4.59. The van der Waals surface area contributed by atoms with Crippen LogP contribution in [0.5, 0.6) is 0 Å². The molecule has 7 nitrogen and oxygen atoms in total. The fourth-order valence-electron chi connectivity index (χ4n) is 3.26. The van der Waals surface area contributed by atoms with Gasteiger partial charge in [0.1, 0.15) is 18.0 Å². The van der Waals surface area contributed by atoms with Gasteiger partial charge in [-0.1, -0.05) is 18.9 Å². The lowest BCUT2D eigenvalue weighted by atomic mass is 10.2. The molecule has 0 bridgehead atoms. The summed E-state index contributed by atoms with van der Waals surface area (Å²) in [7, 11) is 0. The van der Waals surface area contributed by atoms with Crippen molar-refractivity contribution >= 4 is 17.4 Å². The van der Waals surface area contributed by atoms with Crippen molar-refractivity contribution in [3.63, 3.8) is 0 Å². The third kappa shape index (κ3) is 3.55. The van der Waals surface area contributed by atoms with Crippen LogP contribution < -0.4 is 10.2 Å². The zero-order chi connectivity index (χ0) is 17.1. The van der Waals surface area contributed by atoms with Gasteiger partial charge in [-0.05, 0) is 31.4 Å². The number of rotatable bonds is 4. The van der Waals surface area contributed by atoms with Crippen molar-refractivity contribution in [1.82, 2.24) is 24.6 Å². The van der Waals surface area contributed by atoms with E-state index in [2.05, 4.69) is 42.4 Å². The number of hydrogen-bond acceptors (Lipinski definition) is 6. The van der Waals surface area contributed by atoms with Gasteiger partial charge in [-0.15, -0.1) is 0 Å². The SMILES string of the molecule is Cc1cc(NCc2ccc(N3CCCCCC3)nc2)n2ncnc2n1. The molecule has 0 spiro atoms. The Morgan fingerprint density at radius 2 is 1.92 bits per heavy atom.